The first-order valence-corrected chi connectivity index (χ1v) is 4.60. The Morgan fingerprint density at radius 1 is 1.50 bits per heavy atom. The number of phenols is 1. The number of rotatable bonds is 2. The molecule has 1 aromatic rings. The second-order valence-corrected chi connectivity index (χ2v) is 3.41. The minimum Gasteiger partial charge on any atom is -0.504 e. The molecule has 0 bridgehead atoms. The fourth-order valence-electron chi connectivity index (χ4n) is 0.942. The summed E-state index contributed by atoms with van der Waals surface area (Å²) in [5.41, 5.74) is 4.95. The van der Waals surface area contributed by atoms with E-state index < -0.39 is 17.4 Å². The summed E-state index contributed by atoms with van der Waals surface area (Å²) in [5, 5.41) is 9.20. The third-order valence-electron chi connectivity index (χ3n) is 1.60. The van der Waals surface area contributed by atoms with Gasteiger partial charge in [-0.25, -0.2) is 8.78 Å². The quantitative estimate of drug-likeness (QED) is 0.806. The van der Waals surface area contributed by atoms with E-state index >= 15 is 0 Å². The summed E-state index contributed by atoms with van der Waals surface area (Å²) < 4.78 is 26.2. The fraction of sp³-hybridized carbons (Fsp3) is 0.111. The highest BCUT2D eigenvalue weighted by molar-refractivity contribution is 9.10. The van der Waals surface area contributed by atoms with E-state index in [4.69, 9.17) is 5.73 Å². The molecular weight excluding hydrogens is 256 g/mol. The van der Waals surface area contributed by atoms with E-state index in [1.54, 1.807) is 0 Å². The molecule has 5 heteroatoms. The predicted octanol–water partition coefficient (Wildman–Crippen LogP) is 2.40. The lowest BCUT2D eigenvalue weighted by molar-refractivity contribution is 0.424. The molecule has 0 saturated carbocycles. The molecule has 0 unspecified atom stereocenters. The van der Waals surface area contributed by atoms with E-state index in [2.05, 4.69) is 15.9 Å². The number of hydrogen-bond acceptors (Lipinski definition) is 2. The van der Waals surface area contributed by atoms with Crippen molar-refractivity contribution in [1.82, 2.24) is 0 Å². The SMILES string of the molecule is NC/C=C/c1c(O)c(F)cc(Br)c1F. The van der Waals surface area contributed by atoms with E-state index in [0.29, 0.717) is 0 Å². The first-order valence-electron chi connectivity index (χ1n) is 3.81. The molecular formula is C9H8BrF2NO. The van der Waals surface area contributed by atoms with Crippen molar-refractivity contribution in [2.45, 2.75) is 0 Å². The van der Waals surface area contributed by atoms with Crippen LogP contribution in [0, 0.1) is 11.6 Å². The topological polar surface area (TPSA) is 46.2 Å². The van der Waals surface area contributed by atoms with Crippen LogP contribution in [0.3, 0.4) is 0 Å². The van der Waals surface area contributed by atoms with Gasteiger partial charge in [0.05, 0.1) is 10.0 Å². The van der Waals surface area contributed by atoms with Crippen molar-refractivity contribution >= 4 is 22.0 Å². The van der Waals surface area contributed by atoms with E-state index in [1.807, 2.05) is 0 Å². The van der Waals surface area contributed by atoms with Gasteiger partial charge in [0.2, 0.25) is 0 Å². The van der Waals surface area contributed by atoms with Crippen LogP contribution in [0.5, 0.6) is 5.75 Å². The molecule has 1 aromatic carbocycles. The summed E-state index contributed by atoms with van der Waals surface area (Å²) in [6.45, 7) is 0.188. The van der Waals surface area contributed by atoms with Gasteiger partial charge >= 0.3 is 0 Å². The van der Waals surface area contributed by atoms with Gasteiger partial charge in [-0.1, -0.05) is 12.2 Å². The van der Waals surface area contributed by atoms with Gasteiger partial charge < -0.3 is 10.8 Å². The van der Waals surface area contributed by atoms with Gasteiger partial charge in [0.15, 0.2) is 11.6 Å². The highest BCUT2D eigenvalue weighted by atomic mass is 79.9. The second kappa shape index (κ2) is 4.52. The maximum atomic E-state index is 13.3. The molecule has 3 N–H and O–H groups in total. The Morgan fingerprint density at radius 3 is 2.71 bits per heavy atom. The van der Waals surface area contributed by atoms with E-state index in [0.717, 1.165) is 6.07 Å². The Balaban J connectivity index is 3.32. The van der Waals surface area contributed by atoms with Crippen LogP contribution in [-0.4, -0.2) is 11.7 Å². The zero-order valence-corrected chi connectivity index (χ0v) is 8.68. The molecule has 0 spiro atoms. The Hall–Kier alpha value is -0.940. The molecule has 0 atom stereocenters. The number of benzene rings is 1. The third kappa shape index (κ3) is 2.10. The van der Waals surface area contributed by atoms with Crippen LogP contribution in [-0.2, 0) is 0 Å². The van der Waals surface area contributed by atoms with Crippen LogP contribution in [0.25, 0.3) is 6.08 Å². The van der Waals surface area contributed by atoms with Gasteiger partial charge in [-0.2, -0.15) is 0 Å². The molecule has 0 radical (unpaired) electrons. The van der Waals surface area contributed by atoms with E-state index in [1.165, 1.54) is 12.2 Å². The number of halogens is 3. The number of nitrogens with two attached hydrogens (primary N) is 1. The van der Waals surface area contributed by atoms with Crippen LogP contribution in [0.15, 0.2) is 16.6 Å². The van der Waals surface area contributed by atoms with Crippen molar-refractivity contribution in [1.29, 1.82) is 0 Å². The smallest absolute Gasteiger partial charge is 0.166 e. The van der Waals surface area contributed by atoms with Crippen molar-refractivity contribution in [3.8, 4) is 5.75 Å². The summed E-state index contributed by atoms with van der Waals surface area (Å²) in [7, 11) is 0. The van der Waals surface area contributed by atoms with E-state index in [-0.39, 0.29) is 16.6 Å². The lowest BCUT2D eigenvalue weighted by atomic mass is 10.1. The summed E-state index contributed by atoms with van der Waals surface area (Å²) in [5.74, 6) is -2.31. The molecule has 0 amide bonds. The fourth-order valence-corrected chi connectivity index (χ4v) is 1.36. The Bertz CT molecular complexity index is 353. The van der Waals surface area contributed by atoms with Crippen LogP contribution in [0.2, 0.25) is 0 Å². The lowest BCUT2D eigenvalue weighted by Crippen LogP contribution is -1.94. The molecule has 0 saturated heterocycles. The van der Waals surface area contributed by atoms with Gasteiger partial charge in [0.25, 0.3) is 0 Å². The van der Waals surface area contributed by atoms with Gasteiger partial charge in [0, 0.05) is 6.54 Å². The van der Waals surface area contributed by atoms with Gasteiger partial charge in [-0.3, -0.25) is 0 Å². The molecule has 2 nitrogen and oxygen atoms in total. The van der Waals surface area contributed by atoms with Crippen molar-refractivity contribution < 1.29 is 13.9 Å². The molecule has 0 aromatic heterocycles. The molecule has 14 heavy (non-hydrogen) atoms. The molecule has 76 valence electrons. The molecule has 0 aliphatic carbocycles. The molecule has 0 heterocycles. The van der Waals surface area contributed by atoms with E-state index in [9.17, 15) is 13.9 Å². The minimum atomic E-state index is -0.880. The Kier molecular flexibility index (Phi) is 3.60. The Morgan fingerprint density at radius 2 is 2.14 bits per heavy atom. The van der Waals surface area contributed by atoms with Crippen LogP contribution in [0.4, 0.5) is 8.78 Å². The lowest BCUT2D eigenvalue weighted by Gasteiger charge is -2.04. The first kappa shape index (κ1) is 11.1. The van der Waals surface area contributed by atoms with Crippen molar-refractivity contribution in [2.24, 2.45) is 5.73 Å². The first-order chi connectivity index (χ1) is 6.57. The van der Waals surface area contributed by atoms with Gasteiger partial charge in [-0.15, -0.1) is 0 Å². The zero-order valence-electron chi connectivity index (χ0n) is 7.10. The van der Waals surface area contributed by atoms with Crippen molar-refractivity contribution in [3.05, 3.63) is 33.8 Å². The number of hydrogen-bond donors (Lipinski definition) is 2. The largest absolute Gasteiger partial charge is 0.504 e. The monoisotopic (exact) mass is 263 g/mol. The van der Waals surface area contributed by atoms with Gasteiger partial charge in [0.1, 0.15) is 5.82 Å². The van der Waals surface area contributed by atoms with Crippen molar-refractivity contribution in [2.75, 3.05) is 6.54 Å². The minimum absolute atomic E-state index is 0.0375. The third-order valence-corrected chi connectivity index (χ3v) is 2.18. The van der Waals surface area contributed by atoms with Crippen LogP contribution in [0.1, 0.15) is 5.56 Å². The summed E-state index contributed by atoms with van der Waals surface area (Å²) in [6, 6.07) is 0.866. The average molecular weight is 264 g/mol. The molecule has 0 fully saturated rings. The molecule has 0 aliphatic heterocycles. The predicted molar refractivity (Wildman–Crippen MR) is 53.8 cm³/mol. The normalized spacial score (nSPS) is 11.1. The maximum Gasteiger partial charge on any atom is 0.166 e. The number of phenolic OH excluding ortho intramolecular Hbond substituents is 1. The average Bonchev–Trinajstić information content (AvgIpc) is 2.15. The highest BCUT2D eigenvalue weighted by Crippen LogP contribution is 2.30. The number of aromatic hydroxyl groups is 1. The Labute approximate surface area is 88.2 Å². The van der Waals surface area contributed by atoms with Crippen LogP contribution < -0.4 is 5.73 Å². The summed E-state index contributed by atoms with van der Waals surface area (Å²) >= 11 is 2.83. The zero-order chi connectivity index (χ0) is 10.7. The van der Waals surface area contributed by atoms with Gasteiger partial charge in [-0.05, 0) is 22.0 Å². The maximum absolute atomic E-state index is 13.3. The van der Waals surface area contributed by atoms with Crippen LogP contribution >= 0.6 is 15.9 Å². The second-order valence-electron chi connectivity index (χ2n) is 2.55. The summed E-state index contributed by atoms with van der Waals surface area (Å²) in [4.78, 5) is 0. The van der Waals surface area contributed by atoms with Crippen molar-refractivity contribution in [3.63, 3.8) is 0 Å². The standard InChI is InChI=1S/C9H8BrF2NO/c10-6-4-7(11)9(14)5(8(6)12)2-1-3-13/h1-2,4,14H,3,13H2/b2-1+. The summed E-state index contributed by atoms with van der Waals surface area (Å²) in [6.07, 6.45) is 2.66. The molecule has 1 rings (SSSR count). The molecule has 0 aliphatic rings. The highest BCUT2D eigenvalue weighted by Gasteiger charge is 2.14.